The van der Waals surface area contributed by atoms with Gasteiger partial charge < -0.3 is 11.1 Å². The SMILES string of the molecule is Cc1cc(N)ccc1C(=O)NCCc1ncn(C)n1. The molecule has 0 saturated carbocycles. The van der Waals surface area contributed by atoms with Gasteiger partial charge in [-0.2, -0.15) is 5.10 Å². The Labute approximate surface area is 111 Å². The Morgan fingerprint density at radius 2 is 2.26 bits per heavy atom. The maximum absolute atomic E-state index is 12.0. The molecule has 0 aliphatic carbocycles. The van der Waals surface area contributed by atoms with E-state index in [0.717, 1.165) is 11.4 Å². The molecular weight excluding hydrogens is 242 g/mol. The lowest BCUT2D eigenvalue weighted by Crippen LogP contribution is -2.26. The Morgan fingerprint density at radius 1 is 1.47 bits per heavy atom. The number of carbonyl (C=O) groups excluding carboxylic acids is 1. The van der Waals surface area contributed by atoms with Crippen LogP contribution in [-0.4, -0.2) is 27.2 Å². The smallest absolute Gasteiger partial charge is 0.251 e. The first-order valence-electron chi connectivity index (χ1n) is 6.05. The summed E-state index contributed by atoms with van der Waals surface area (Å²) in [5, 5.41) is 7.00. The quantitative estimate of drug-likeness (QED) is 0.790. The number of nitrogen functional groups attached to an aromatic ring is 1. The predicted octanol–water partition coefficient (Wildman–Crippen LogP) is 0.678. The molecule has 2 aromatic rings. The minimum atomic E-state index is -0.103. The standard InChI is InChI=1S/C13H17N5O/c1-9-7-10(14)3-4-11(9)13(19)15-6-5-12-16-8-18(2)17-12/h3-4,7-8H,5-6,14H2,1-2H3,(H,15,19). The lowest BCUT2D eigenvalue weighted by molar-refractivity contribution is 0.0953. The molecule has 1 heterocycles. The highest BCUT2D eigenvalue weighted by Crippen LogP contribution is 2.12. The van der Waals surface area contributed by atoms with E-state index in [1.165, 1.54) is 0 Å². The summed E-state index contributed by atoms with van der Waals surface area (Å²) in [5.74, 6) is 0.616. The number of hydrogen-bond donors (Lipinski definition) is 2. The third-order valence-electron chi connectivity index (χ3n) is 2.78. The Kier molecular flexibility index (Phi) is 3.79. The summed E-state index contributed by atoms with van der Waals surface area (Å²) in [6.07, 6.45) is 2.25. The largest absolute Gasteiger partial charge is 0.399 e. The summed E-state index contributed by atoms with van der Waals surface area (Å²) >= 11 is 0. The number of aromatic nitrogens is 3. The van der Waals surface area contributed by atoms with Crippen LogP contribution in [0.2, 0.25) is 0 Å². The molecule has 1 aromatic heterocycles. The van der Waals surface area contributed by atoms with E-state index in [9.17, 15) is 4.79 Å². The van der Waals surface area contributed by atoms with Gasteiger partial charge in [0, 0.05) is 31.3 Å². The van der Waals surface area contributed by atoms with Gasteiger partial charge in [-0.15, -0.1) is 0 Å². The van der Waals surface area contributed by atoms with E-state index in [0.29, 0.717) is 24.2 Å². The van der Waals surface area contributed by atoms with Crippen LogP contribution in [0.5, 0.6) is 0 Å². The molecule has 0 saturated heterocycles. The van der Waals surface area contributed by atoms with E-state index in [1.807, 2.05) is 14.0 Å². The molecule has 3 N–H and O–H groups in total. The van der Waals surface area contributed by atoms with E-state index in [4.69, 9.17) is 5.73 Å². The van der Waals surface area contributed by atoms with E-state index in [-0.39, 0.29) is 5.91 Å². The number of aryl methyl sites for hydroxylation is 2. The van der Waals surface area contributed by atoms with Crippen LogP contribution >= 0.6 is 0 Å². The molecular formula is C13H17N5O. The summed E-state index contributed by atoms with van der Waals surface area (Å²) in [6, 6.07) is 5.25. The van der Waals surface area contributed by atoms with Crippen molar-refractivity contribution in [3.63, 3.8) is 0 Å². The van der Waals surface area contributed by atoms with Gasteiger partial charge in [-0.3, -0.25) is 9.48 Å². The highest BCUT2D eigenvalue weighted by Gasteiger charge is 2.08. The average molecular weight is 259 g/mol. The van der Waals surface area contributed by atoms with Crippen molar-refractivity contribution in [3.8, 4) is 0 Å². The van der Waals surface area contributed by atoms with E-state index >= 15 is 0 Å². The van der Waals surface area contributed by atoms with Crippen molar-refractivity contribution in [2.24, 2.45) is 7.05 Å². The van der Waals surface area contributed by atoms with Gasteiger partial charge in [-0.05, 0) is 30.7 Å². The molecule has 0 atom stereocenters. The monoisotopic (exact) mass is 259 g/mol. The first-order chi connectivity index (χ1) is 9.06. The number of amides is 1. The topological polar surface area (TPSA) is 85.8 Å². The van der Waals surface area contributed by atoms with Crippen molar-refractivity contribution < 1.29 is 4.79 Å². The van der Waals surface area contributed by atoms with Crippen LogP contribution in [0.3, 0.4) is 0 Å². The summed E-state index contributed by atoms with van der Waals surface area (Å²) in [4.78, 5) is 16.1. The van der Waals surface area contributed by atoms with Gasteiger partial charge in [0.2, 0.25) is 0 Å². The van der Waals surface area contributed by atoms with Crippen molar-refractivity contribution in [2.45, 2.75) is 13.3 Å². The summed E-state index contributed by atoms with van der Waals surface area (Å²) in [5.41, 5.74) is 7.83. The van der Waals surface area contributed by atoms with Crippen LogP contribution in [0.15, 0.2) is 24.5 Å². The lowest BCUT2D eigenvalue weighted by Gasteiger charge is -2.07. The third-order valence-corrected chi connectivity index (χ3v) is 2.78. The Morgan fingerprint density at radius 3 is 2.89 bits per heavy atom. The zero-order chi connectivity index (χ0) is 13.8. The molecule has 6 heteroatoms. The maximum Gasteiger partial charge on any atom is 0.251 e. The first-order valence-corrected chi connectivity index (χ1v) is 6.05. The van der Waals surface area contributed by atoms with Crippen molar-refractivity contribution in [1.29, 1.82) is 0 Å². The van der Waals surface area contributed by atoms with Crippen LogP contribution in [0.4, 0.5) is 5.69 Å². The zero-order valence-electron chi connectivity index (χ0n) is 11.1. The molecule has 1 aromatic carbocycles. The van der Waals surface area contributed by atoms with Crippen molar-refractivity contribution in [1.82, 2.24) is 20.1 Å². The molecule has 0 spiro atoms. The minimum absolute atomic E-state index is 0.103. The van der Waals surface area contributed by atoms with Crippen LogP contribution in [-0.2, 0) is 13.5 Å². The molecule has 0 fully saturated rings. The maximum atomic E-state index is 12.0. The number of anilines is 1. The van der Waals surface area contributed by atoms with Gasteiger partial charge in [0.1, 0.15) is 6.33 Å². The van der Waals surface area contributed by atoms with E-state index < -0.39 is 0 Å². The zero-order valence-corrected chi connectivity index (χ0v) is 11.1. The number of nitrogens with two attached hydrogens (primary N) is 1. The molecule has 1 amide bonds. The molecule has 6 nitrogen and oxygen atoms in total. The van der Waals surface area contributed by atoms with Crippen LogP contribution in [0, 0.1) is 6.92 Å². The normalized spacial score (nSPS) is 10.4. The second-order valence-corrected chi connectivity index (χ2v) is 4.41. The summed E-state index contributed by atoms with van der Waals surface area (Å²) in [7, 11) is 1.81. The number of nitrogens with one attached hydrogen (secondary N) is 1. The van der Waals surface area contributed by atoms with Gasteiger partial charge in [0.15, 0.2) is 5.82 Å². The molecule has 100 valence electrons. The van der Waals surface area contributed by atoms with Gasteiger partial charge in [0.05, 0.1) is 0 Å². The average Bonchev–Trinajstić information content (AvgIpc) is 2.75. The van der Waals surface area contributed by atoms with Crippen LogP contribution in [0.1, 0.15) is 21.7 Å². The van der Waals surface area contributed by atoms with Gasteiger partial charge in [-0.1, -0.05) is 0 Å². The van der Waals surface area contributed by atoms with Crippen LogP contribution in [0.25, 0.3) is 0 Å². The molecule has 0 radical (unpaired) electrons. The van der Waals surface area contributed by atoms with Gasteiger partial charge >= 0.3 is 0 Å². The molecule has 2 rings (SSSR count). The lowest BCUT2D eigenvalue weighted by atomic mass is 10.1. The minimum Gasteiger partial charge on any atom is -0.399 e. The fourth-order valence-corrected chi connectivity index (χ4v) is 1.82. The summed E-state index contributed by atoms with van der Waals surface area (Å²) < 4.78 is 1.64. The van der Waals surface area contributed by atoms with Gasteiger partial charge in [0.25, 0.3) is 5.91 Å². The molecule has 0 aliphatic rings. The van der Waals surface area contributed by atoms with Gasteiger partial charge in [-0.25, -0.2) is 4.98 Å². The molecule has 0 aliphatic heterocycles. The Hall–Kier alpha value is -2.37. The first kappa shape index (κ1) is 13.1. The van der Waals surface area contributed by atoms with E-state index in [2.05, 4.69) is 15.4 Å². The summed E-state index contributed by atoms with van der Waals surface area (Å²) in [6.45, 7) is 2.37. The second kappa shape index (κ2) is 5.51. The number of hydrogen-bond acceptors (Lipinski definition) is 4. The van der Waals surface area contributed by atoms with Crippen molar-refractivity contribution in [2.75, 3.05) is 12.3 Å². The number of carbonyl (C=O) groups is 1. The molecule has 0 unspecified atom stereocenters. The Balaban J connectivity index is 1.90. The van der Waals surface area contributed by atoms with Crippen molar-refractivity contribution >= 4 is 11.6 Å². The number of benzene rings is 1. The fourth-order valence-electron chi connectivity index (χ4n) is 1.82. The highest BCUT2D eigenvalue weighted by molar-refractivity contribution is 5.95. The van der Waals surface area contributed by atoms with E-state index in [1.54, 1.807) is 29.2 Å². The van der Waals surface area contributed by atoms with Crippen LogP contribution < -0.4 is 11.1 Å². The number of rotatable bonds is 4. The highest BCUT2D eigenvalue weighted by atomic mass is 16.1. The fraction of sp³-hybridized carbons (Fsp3) is 0.308. The third kappa shape index (κ3) is 3.31. The predicted molar refractivity (Wildman–Crippen MR) is 72.6 cm³/mol. The molecule has 19 heavy (non-hydrogen) atoms. The number of nitrogens with zero attached hydrogens (tertiary/aromatic N) is 3. The molecule has 0 bridgehead atoms. The van der Waals surface area contributed by atoms with Crippen molar-refractivity contribution in [3.05, 3.63) is 41.5 Å². The Bertz CT molecular complexity index is 590. The second-order valence-electron chi connectivity index (χ2n) is 4.41.